The number of ether oxygens (including phenoxy) is 1. The fourth-order valence-electron chi connectivity index (χ4n) is 1.17. The van der Waals surface area contributed by atoms with Crippen LogP contribution in [0.15, 0.2) is 18.4 Å². The van der Waals surface area contributed by atoms with Gasteiger partial charge in [0.05, 0.1) is 12.0 Å². The summed E-state index contributed by atoms with van der Waals surface area (Å²) in [5.41, 5.74) is 2.36. The molecule has 0 aromatic carbocycles. The second-order valence-electron chi connectivity index (χ2n) is 2.76. The summed E-state index contributed by atoms with van der Waals surface area (Å²) >= 11 is 0. The van der Waals surface area contributed by atoms with Crippen LogP contribution in [0.25, 0.3) is 17.2 Å². The largest absolute Gasteiger partial charge is 0.486 e. The minimum absolute atomic E-state index is 0.683. The van der Waals surface area contributed by atoms with E-state index in [1.165, 1.54) is 6.33 Å². The maximum atomic E-state index is 5.00. The Hall–Kier alpha value is -1.91. The Morgan fingerprint density at radius 1 is 1.38 bits per heavy atom. The summed E-state index contributed by atoms with van der Waals surface area (Å²) in [5.74, 6) is 0.953. The van der Waals surface area contributed by atoms with Crippen LogP contribution < -0.4 is 0 Å². The minimum atomic E-state index is 0.683. The molecule has 2 aromatic rings. The molecule has 5 nitrogen and oxygen atoms in total. The van der Waals surface area contributed by atoms with Gasteiger partial charge in [-0.25, -0.2) is 15.0 Å². The summed E-state index contributed by atoms with van der Waals surface area (Å²) in [4.78, 5) is 15.1. The molecule has 1 saturated heterocycles. The molecule has 0 unspecified atom stereocenters. The molecule has 3 rings (SSSR count). The summed E-state index contributed by atoms with van der Waals surface area (Å²) in [5, 5.41) is 0. The van der Waals surface area contributed by atoms with Crippen molar-refractivity contribution in [3.8, 4) is 0 Å². The number of imidazole rings is 1. The number of hydrogen-bond acceptors (Lipinski definition) is 4. The molecule has 1 aliphatic rings. The van der Waals surface area contributed by atoms with Gasteiger partial charge >= 0.3 is 0 Å². The summed E-state index contributed by atoms with van der Waals surface area (Å²) < 4.78 is 5.00. The van der Waals surface area contributed by atoms with Gasteiger partial charge in [0.1, 0.15) is 24.2 Å². The third-order valence-electron chi connectivity index (χ3n) is 1.86. The van der Waals surface area contributed by atoms with Gasteiger partial charge in [0.25, 0.3) is 0 Å². The highest BCUT2D eigenvalue weighted by Crippen LogP contribution is 2.20. The lowest BCUT2D eigenvalue weighted by molar-refractivity contribution is 0.511. The van der Waals surface area contributed by atoms with Gasteiger partial charge in [-0.15, -0.1) is 0 Å². The number of hydrogen-bond donors (Lipinski definition) is 1. The first kappa shape index (κ1) is 6.59. The molecule has 0 atom stereocenters. The Kier molecular flexibility index (Phi) is 1.16. The van der Waals surface area contributed by atoms with Crippen LogP contribution in [0, 0.1) is 0 Å². The fraction of sp³-hybridized carbons (Fsp3) is 0.125. The summed E-state index contributed by atoms with van der Waals surface area (Å²) in [7, 11) is 0. The highest BCUT2D eigenvalue weighted by atomic mass is 16.6. The van der Waals surface area contributed by atoms with Gasteiger partial charge in [-0.1, -0.05) is 0 Å². The lowest BCUT2D eigenvalue weighted by Crippen LogP contribution is -1.85. The summed E-state index contributed by atoms with van der Waals surface area (Å²) in [6.07, 6.45) is 5.00. The van der Waals surface area contributed by atoms with Gasteiger partial charge in [0.2, 0.25) is 0 Å². The minimum Gasteiger partial charge on any atom is -0.486 e. The maximum Gasteiger partial charge on any atom is 0.181 e. The van der Waals surface area contributed by atoms with Crippen molar-refractivity contribution in [2.45, 2.75) is 0 Å². The number of aromatic amines is 1. The molecule has 5 heteroatoms. The van der Waals surface area contributed by atoms with Crippen molar-refractivity contribution in [3.63, 3.8) is 0 Å². The van der Waals surface area contributed by atoms with E-state index in [9.17, 15) is 0 Å². The van der Waals surface area contributed by atoms with E-state index in [0.29, 0.717) is 12.3 Å². The molecule has 0 spiro atoms. The first-order valence-electron chi connectivity index (χ1n) is 3.91. The number of rotatable bonds is 1. The Morgan fingerprint density at radius 3 is 3.15 bits per heavy atom. The molecule has 0 radical (unpaired) electrons. The highest BCUT2D eigenvalue weighted by molar-refractivity contribution is 5.79. The molecule has 0 aliphatic carbocycles. The van der Waals surface area contributed by atoms with E-state index in [1.807, 2.05) is 6.08 Å². The molecule has 0 bridgehead atoms. The van der Waals surface area contributed by atoms with Crippen molar-refractivity contribution >= 4 is 17.2 Å². The van der Waals surface area contributed by atoms with Gasteiger partial charge < -0.3 is 9.72 Å². The zero-order valence-electron chi connectivity index (χ0n) is 6.69. The molecule has 1 N–H and O–H groups in total. The van der Waals surface area contributed by atoms with E-state index in [1.54, 1.807) is 6.33 Å². The topological polar surface area (TPSA) is 67.0 Å². The molecule has 3 heterocycles. The predicted molar refractivity (Wildman–Crippen MR) is 45.6 cm³/mol. The Bertz CT molecular complexity index is 482. The number of epoxide rings is 1. The average molecular weight is 174 g/mol. The number of aromatic nitrogens is 4. The maximum absolute atomic E-state index is 5.00. The standard InChI is InChI=1S/C8H6N4O/c1(5-2-13-5)6-7-8(11-3-9-6)12-4-10-7/h1,3-4H,2H2,(H,9,10,11,12)/b5-1-. The van der Waals surface area contributed by atoms with Crippen molar-refractivity contribution in [2.24, 2.45) is 0 Å². The second kappa shape index (κ2) is 2.29. The summed E-state index contributed by atoms with van der Waals surface area (Å²) in [6.45, 7) is 0.708. The third-order valence-corrected chi connectivity index (χ3v) is 1.86. The zero-order valence-corrected chi connectivity index (χ0v) is 6.69. The Balaban J connectivity index is 2.26. The van der Waals surface area contributed by atoms with E-state index < -0.39 is 0 Å². The molecule has 0 saturated carbocycles. The second-order valence-corrected chi connectivity index (χ2v) is 2.76. The molecule has 0 amide bonds. The van der Waals surface area contributed by atoms with Crippen LogP contribution in [0.1, 0.15) is 5.69 Å². The summed E-state index contributed by atoms with van der Waals surface area (Å²) in [6, 6.07) is 0. The van der Waals surface area contributed by atoms with Gasteiger partial charge in [-0.05, 0) is 0 Å². The molecular formula is C8H6N4O. The third kappa shape index (κ3) is 1.05. The van der Waals surface area contributed by atoms with E-state index >= 15 is 0 Å². The van der Waals surface area contributed by atoms with Crippen molar-refractivity contribution in [1.82, 2.24) is 19.9 Å². The monoisotopic (exact) mass is 174 g/mol. The van der Waals surface area contributed by atoms with Gasteiger partial charge in [-0.2, -0.15) is 0 Å². The lowest BCUT2D eigenvalue weighted by Gasteiger charge is -1.91. The van der Waals surface area contributed by atoms with E-state index in [2.05, 4.69) is 19.9 Å². The van der Waals surface area contributed by atoms with Crippen LogP contribution in [-0.2, 0) is 4.74 Å². The molecule has 13 heavy (non-hydrogen) atoms. The van der Waals surface area contributed by atoms with Crippen molar-refractivity contribution in [3.05, 3.63) is 24.1 Å². The van der Waals surface area contributed by atoms with E-state index in [0.717, 1.165) is 17.0 Å². The first-order valence-corrected chi connectivity index (χ1v) is 3.91. The average Bonchev–Trinajstić information content (AvgIpc) is 2.83. The van der Waals surface area contributed by atoms with Crippen LogP contribution in [0.5, 0.6) is 0 Å². The van der Waals surface area contributed by atoms with Gasteiger partial charge in [-0.3, -0.25) is 0 Å². The Labute approximate surface area is 73.5 Å². The molecule has 1 aliphatic heterocycles. The fourth-order valence-corrected chi connectivity index (χ4v) is 1.17. The van der Waals surface area contributed by atoms with Crippen LogP contribution in [0.4, 0.5) is 0 Å². The van der Waals surface area contributed by atoms with E-state index in [-0.39, 0.29) is 0 Å². The molecule has 1 fully saturated rings. The number of H-pyrrole nitrogens is 1. The predicted octanol–water partition coefficient (Wildman–Crippen LogP) is 0.724. The van der Waals surface area contributed by atoms with Crippen molar-refractivity contribution < 1.29 is 4.74 Å². The van der Waals surface area contributed by atoms with Crippen molar-refractivity contribution in [1.29, 1.82) is 0 Å². The SMILES string of the molecule is C(=C1\CO1)/c1ncnc2nc[nH]c12. The number of nitrogens with one attached hydrogen (secondary N) is 1. The van der Waals surface area contributed by atoms with Crippen LogP contribution in [-0.4, -0.2) is 26.5 Å². The smallest absolute Gasteiger partial charge is 0.181 e. The van der Waals surface area contributed by atoms with Crippen LogP contribution in [0.3, 0.4) is 0 Å². The van der Waals surface area contributed by atoms with Crippen LogP contribution >= 0.6 is 0 Å². The Morgan fingerprint density at radius 2 is 2.31 bits per heavy atom. The molecular weight excluding hydrogens is 168 g/mol. The van der Waals surface area contributed by atoms with Crippen LogP contribution in [0.2, 0.25) is 0 Å². The lowest BCUT2D eigenvalue weighted by atomic mass is 10.3. The number of fused-ring (bicyclic) bond motifs is 1. The van der Waals surface area contributed by atoms with Gasteiger partial charge in [0.15, 0.2) is 5.65 Å². The quantitative estimate of drug-likeness (QED) is 0.647. The normalized spacial score (nSPS) is 17.7. The molecule has 64 valence electrons. The zero-order chi connectivity index (χ0) is 8.67. The van der Waals surface area contributed by atoms with E-state index in [4.69, 9.17) is 4.74 Å². The first-order chi connectivity index (χ1) is 6.43. The van der Waals surface area contributed by atoms with Crippen molar-refractivity contribution in [2.75, 3.05) is 6.61 Å². The molecule has 2 aromatic heterocycles. The number of nitrogens with zero attached hydrogens (tertiary/aromatic N) is 3. The highest BCUT2D eigenvalue weighted by Gasteiger charge is 2.14. The van der Waals surface area contributed by atoms with Gasteiger partial charge in [0, 0.05) is 6.08 Å².